The second kappa shape index (κ2) is 11.2. The molecule has 2 N–H and O–H groups in total. The van der Waals surface area contributed by atoms with Gasteiger partial charge < -0.3 is 14.6 Å². The fraction of sp³-hybridized carbons (Fsp3) is 0.222. The van der Waals surface area contributed by atoms with E-state index in [4.69, 9.17) is 28.2 Å². The Morgan fingerprint density at radius 2 is 1.84 bits per heavy atom. The molecule has 0 bridgehead atoms. The van der Waals surface area contributed by atoms with Gasteiger partial charge in [-0.25, -0.2) is 4.98 Å². The first-order valence-corrected chi connectivity index (χ1v) is 12.9. The van der Waals surface area contributed by atoms with Gasteiger partial charge in [0, 0.05) is 41.9 Å². The second-order valence-electron chi connectivity index (χ2n) is 9.01. The number of benzene rings is 3. The highest BCUT2D eigenvalue weighted by atomic mass is 35.5. The quantitative estimate of drug-likeness (QED) is 0.168. The molecule has 0 aliphatic carbocycles. The first-order chi connectivity index (χ1) is 18.4. The Bertz CT molecular complexity index is 1520. The van der Waals surface area contributed by atoms with Gasteiger partial charge in [0.2, 0.25) is 0 Å². The smallest absolute Gasteiger partial charge is 0.293 e. The van der Waals surface area contributed by atoms with Crippen molar-refractivity contribution in [2.45, 2.75) is 25.7 Å². The molecule has 1 aromatic heterocycles. The van der Waals surface area contributed by atoms with Crippen LogP contribution in [0.2, 0.25) is 5.02 Å². The number of amides is 1. The van der Waals surface area contributed by atoms with Crippen molar-refractivity contribution >= 4 is 63.0 Å². The van der Waals surface area contributed by atoms with Crippen LogP contribution in [0.25, 0.3) is 11.1 Å². The summed E-state index contributed by atoms with van der Waals surface area (Å²) in [5.74, 6) is 0.0506. The molecule has 1 aliphatic heterocycles. The van der Waals surface area contributed by atoms with Crippen LogP contribution in [-0.4, -0.2) is 34.0 Å². The Morgan fingerprint density at radius 1 is 1.08 bits per heavy atom. The number of hydrogen-bond acceptors (Lipinski definition) is 7. The molecule has 9 nitrogen and oxygen atoms in total. The van der Waals surface area contributed by atoms with Crippen LogP contribution in [0.5, 0.6) is 0 Å². The van der Waals surface area contributed by atoms with E-state index in [9.17, 15) is 14.9 Å². The minimum Gasteiger partial charge on any atom is -0.440 e. The summed E-state index contributed by atoms with van der Waals surface area (Å²) < 4.78 is 5.77. The van der Waals surface area contributed by atoms with Gasteiger partial charge in [0.05, 0.1) is 4.92 Å². The minimum atomic E-state index is -0.525. The third kappa shape index (κ3) is 5.92. The predicted molar refractivity (Wildman–Crippen MR) is 151 cm³/mol. The molecule has 0 atom stereocenters. The maximum Gasteiger partial charge on any atom is 0.293 e. The summed E-state index contributed by atoms with van der Waals surface area (Å²) in [6.45, 7) is 1.53. The van der Waals surface area contributed by atoms with Gasteiger partial charge in [0.15, 0.2) is 16.6 Å². The maximum atomic E-state index is 12.8. The van der Waals surface area contributed by atoms with E-state index in [0.29, 0.717) is 39.8 Å². The van der Waals surface area contributed by atoms with Crippen molar-refractivity contribution in [2.24, 2.45) is 0 Å². The molecule has 1 aliphatic rings. The van der Waals surface area contributed by atoms with Gasteiger partial charge in [0.1, 0.15) is 11.2 Å². The minimum absolute atomic E-state index is 0.0846. The van der Waals surface area contributed by atoms with Crippen molar-refractivity contribution in [1.82, 2.24) is 10.3 Å². The highest BCUT2D eigenvalue weighted by Crippen LogP contribution is 2.31. The van der Waals surface area contributed by atoms with Crippen LogP contribution in [-0.2, 0) is 6.42 Å². The SMILES string of the molecule is O=C(NC(=S)Nc1ccc(Cc2nc3cc(Cl)ccc3o2)cc1)c1ccc(N2CCCCC2)c([N+](=O)[O-])c1. The van der Waals surface area contributed by atoms with E-state index in [-0.39, 0.29) is 16.4 Å². The van der Waals surface area contributed by atoms with E-state index in [2.05, 4.69) is 15.6 Å². The van der Waals surface area contributed by atoms with Crippen molar-refractivity contribution in [2.75, 3.05) is 23.3 Å². The first kappa shape index (κ1) is 25.6. The van der Waals surface area contributed by atoms with Crippen LogP contribution in [0.15, 0.2) is 65.1 Å². The van der Waals surface area contributed by atoms with E-state index in [1.54, 1.807) is 30.3 Å². The number of carbonyl (C=O) groups excluding carboxylic acids is 1. The van der Waals surface area contributed by atoms with Crippen molar-refractivity contribution < 1.29 is 14.1 Å². The summed E-state index contributed by atoms with van der Waals surface area (Å²) in [5, 5.41) is 17.9. The molecule has 0 unspecified atom stereocenters. The van der Waals surface area contributed by atoms with Crippen LogP contribution in [0.4, 0.5) is 17.1 Å². The molecule has 194 valence electrons. The zero-order valence-electron chi connectivity index (χ0n) is 20.3. The molecule has 1 fully saturated rings. The summed E-state index contributed by atoms with van der Waals surface area (Å²) in [6, 6.07) is 17.3. The van der Waals surface area contributed by atoms with Crippen LogP contribution in [0, 0.1) is 10.1 Å². The Labute approximate surface area is 228 Å². The molecule has 1 saturated heterocycles. The fourth-order valence-corrected chi connectivity index (χ4v) is 4.83. The van der Waals surface area contributed by atoms with Crippen molar-refractivity contribution in [1.29, 1.82) is 0 Å². The van der Waals surface area contributed by atoms with Crippen molar-refractivity contribution in [3.05, 3.63) is 92.8 Å². The fourth-order valence-electron chi connectivity index (χ4n) is 4.46. The molecule has 3 aromatic carbocycles. The summed E-state index contributed by atoms with van der Waals surface area (Å²) in [5.41, 5.74) is 3.65. The summed E-state index contributed by atoms with van der Waals surface area (Å²) in [6.07, 6.45) is 3.60. The predicted octanol–water partition coefficient (Wildman–Crippen LogP) is 6.10. The molecule has 5 rings (SSSR count). The molecule has 4 aromatic rings. The number of hydrogen-bond donors (Lipinski definition) is 2. The molecular weight excluding hydrogens is 526 g/mol. The van der Waals surface area contributed by atoms with Gasteiger partial charge in [-0.3, -0.25) is 20.2 Å². The highest BCUT2D eigenvalue weighted by Gasteiger charge is 2.23. The van der Waals surface area contributed by atoms with E-state index in [1.807, 2.05) is 29.2 Å². The largest absolute Gasteiger partial charge is 0.440 e. The number of thiocarbonyl (C=S) groups is 1. The molecular formula is C27H24ClN5O4S. The van der Waals surface area contributed by atoms with Gasteiger partial charge >= 0.3 is 0 Å². The maximum absolute atomic E-state index is 12.8. The number of nitrogens with zero attached hydrogens (tertiary/aromatic N) is 3. The van der Waals surface area contributed by atoms with Crippen LogP contribution in [0.3, 0.4) is 0 Å². The number of aromatic nitrogens is 1. The third-order valence-electron chi connectivity index (χ3n) is 6.32. The molecule has 0 saturated carbocycles. The van der Waals surface area contributed by atoms with E-state index >= 15 is 0 Å². The van der Waals surface area contributed by atoms with E-state index in [0.717, 1.165) is 37.9 Å². The standard InChI is InChI=1S/C27H24ClN5O4S/c28-19-7-11-24-21(16-19)30-25(37-24)14-17-4-8-20(9-5-17)29-27(38)31-26(34)18-6-10-22(23(15-18)33(35)36)32-12-2-1-3-13-32/h4-11,15-16H,1-3,12-14H2,(H2,29,31,34,38). The monoisotopic (exact) mass is 549 g/mol. The number of anilines is 2. The number of piperidine rings is 1. The zero-order valence-corrected chi connectivity index (χ0v) is 21.8. The lowest BCUT2D eigenvalue weighted by Crippen LogP contribution is -2.34. The number of nitrogens with one attached hydrogen (secondary N) is 2. The third-order valence-corrected chi connectivity index (χ3v) is 6.76. The average Bonchev–Trinajstić information content (AvgIpc) is 3.31. The van der Waals surface area contributed by atoms with Gasteiger partial charge in [-0.2, -0.15) is 0 Å². The normalized spacial score (nSPS) is 13.3. The molecule has 2 heterocycles. The lowest BCUT2D eigenvalue weighted by atomic mass is 10.1. The van der Waals surface area contributed by atoms with Gasteiger partial charge in [-0.1, -0.05) is 23.7 Å². The highest BCUT2D eigenvalue weighted by molar-refractivity contribution is 7.80. The van der Waals surface area contributed by atoms with Crippen LogP contribution >= 0.6 is 23.8 Å². The Kier molecular flexibility index (Phi) is 7.52. The number of nitro groups is 1. The van der Waals surface area contributed by atoms with Gasteiger partial charge in [0.25, 0.3) is 11.6 Å². The summed E-state index contributed by atoms with van der Waals surface area (Å²) >= 11 is 11.3. The van der Waals surface area contributed by atoms with Crippen molar-refractivity contribution in [3.63, 3.8) is 0 Å². The number of nitro benzene ring substituents is 1. The van der Waals surface area contributed by atoms with E-state index in [1.165, 1.54) is 6.07 Å². The number of halogens is 1. The lowest BCUT2D eigenvalue weighted by molar-refractivity contribution is -0.384. The summed E-state index contributed by atoms with van der Waals surface area (Å²) in [7, 11) is 0. The molecule has 11 heteroatoms. The Balaban J connectivity index is 1.20. The van der Waals surface area contributed by atoms with Gasteiger partial charge in [-0.05, 0) is 79.5 Å². The van der Waals surface area contributed by atoms with Crippen molar-refractivity contribution in [3.8, 4) is 0 Å². The number of carbonyl (C=O) groups is 1. The number of rotatable bonds is 6. The van der Waals surface area contributed by atoms with Crippen LogP contribution < -0.4 is 15.5 Å². The lowest BCUT2D eigenvalue weighted by Gasteiger charge is -2.28. The average molecular weight is 550 g/mol. The molecule has 0 spiro atoms. The topological polar surface area (TPSA) is 114 Å². The Morgan fingerprint density at radius 3 is 2.58 bits per heavy atom. The summed E-state index contributed by atoms with van der Waals surface area (Å²) in [4.78, 5) is 30.5. The first-order valence-electron chi connectivity index (χ1n) is 12.2. The van der Waals surface area contributed by atoms with Crippen LogP contribution in [0.1, 0.15) is 41.1 Å². The molecule has 38 heavy (non-hydrogen) atoms. The molecule has 1 amide bonds. The van der Waals surface area contributed by atoms with Gasteiger partial charge in [-0.15, -0.1) is 0 Å². The zero-order chi connectivity index (χ0) is 26.6. The second-order valence-corrected chi connectivity index (χ2v) is 9.85. The number of oxazole rings is 1. The Hall–Kier alpha value is -4.02. The molecule has 0 radical (unpaired) electrons. The number of fused-ring (bicyclic) bond motifs is 1. The van der Waals surface area contributed by atoms with E-state index < -0.39 is 10.8 Å².